The minimum Gasteiger partial charge on any atom is -0.444 e. The molecule has 2 rings (SSSR count). The molecular weight excluding hydrogens is 325 g/mol. The van der Waals surface area contributed by atoms with Crippen LogP contribution in [-0.4, -0.2) is 29.7 Å². The Morgan fingerprint density at radius 1 is 1.24 bits per heavy atom. The van der Waals surface area contributed by atoms with Crippen LogP contribution in [0.15, 0.2) is 18.2 Å². The first-order valence-corrected chi connectivity index (χ1v) is 8.50. The second-order valence-electron chi connectivity index (χ2n) is 7.32. The molecule has 6 nitrogen and oxygen atoms in total. The summed E-state index contributed by atoms with van der Waals surface area (Å²) >= 11 is 0. The monoisotopic (exact) mass is 351 g/mol. The molecule has 25 heavy (non-hydrogen) atoms. The molecule has 1 aliphatic carbocycles. The fourth-order valence-electron chi connectivity index (χ4n) is 2.31. The zero-order chi connectivity index (χ0) is 18.6. The van der Waals surface area contributed by atoms with Gasteiger partial charge in [0.05, 0.1) is 11.4 Å². The molecule has 3 N–H and O–H groups in total. The van der Waals surface area contributed by atoms with Crippen LogP contribution in [0.5, 0.6) is 0 Å². The molecule has 0 unspecified atom stereocenters. The van der Waals surface area contributed by atoms with Crippen molar-refractivity contribution in [3.63, 3.8) is 0 Å². The second kappa shape index (κ2) is 7.72. The maximum Gasteiger partial charge on any atom is 0.408 e. The molecule has 2 amide bonds. The van der Waals surface area contributed by atoms with Crippen LogP contribution in [0.25, 0.3) is 0 Å². The third-order valence-electron chi connectivity index (χ3n) is 3.83. The number of halogens is 1. The topological polar surface area (TPSA) is 79.5 Å². The van der Waals surface area contributed by atoms with Crippen LogP contribution >= 0.6 is 0 Å². The van der Waals surface area contributed by atoms with Crippen LogP contribution in [0, 0.1) is 5.82 Å². The van der Waals surface area contributed by atoms with Crippen molar-refractivity contribution in [2.24, 2.45) is 0 Å². The first kappa shape index (κ1) is 19.0. The summed E-state index contributed by atoms with van der Waals surface area (Å²) in [6.45, 7) is 6.79. The molecule has 1 aliphatic rings. The number of hydrogen-bond acceptors (Lipinski definition) is 4. The average molecular weight is 351 g/mol. The number of carbonyl (C=O) groups excluding carboxylic acids is 2. The lowest BCUT2D eigenvalue weighted by molar-refractivity contribution is -0.117. The van der Waals surface area contributed by atoms with E-state index in [0.717, 1.165) is 19.3 Å². The van der Waals surface area contributed by atoms with Crippen molar-refractivity contribution >= 4 is 23.4 Å². The van der Waals surface area contributed by atoms with Gasteiger partial charge in [-0.15, -0.1) is 0 Å². The van der Waals surface area contributed by atoms with Crippen molar-refractivity contribution in [1.82, 2.24) is 5.32 Å². The highest BCUT2D eigenvalue weighted by Gasteiger charge is 2.23. The fraction of sp³-hybridized carbons (Fsp3) is 0.556. The molecule has 1 aromatic rings. The standard InChI is InChI=1S/C18H26FN3O3/c1-11(20-17(24)25-18(2,3)4)16(23)22-14-9-8-12(19)10-15(14)21-13-6-5-7-13/h8-11,13,21H,5-7H2,1-4H3,(H,20,24)(H,22,23)/t11-/m0/s1. The molecule has 1 aromatic carbocycles. The van der Waals surface area contributed by atoms with Gasteiger partial charge in [-0.3, -0.25) is 4.79 Å². The van der Waals surface area contributed by atoms with Crippen LogP contribution < -0.4 is 16.0 Å². The molecule has 1 atom stereocenters. The Hall–Kier alpha value is -2.31. The lowest BCUT2D eigenvalue weighted by atomic mass is 9.93. The molecular formula is C18H26FN3O3. The van der Waals surface area contributed by atoms with Gasteiger partial charge in [0.15, 0.2) is 0 Å². The molecule has 0 saturated heterocycles. The van der Waals surface area contributed by atoms with E-state index < -0.39 is 23.6 Å². The van der Waals surface area contributed by atoms with E-state index in [2.05, 4.69) is 16.0 Å². The summed E-state index contributed by atoms with van der Waals surface area (Å²) in [6.07, 6.45) is 2.54. The van der Waals surface area contributed by atoms with Gasteiger partial charge in [-0.25, -0.2) is 9.18 Å². The number of nitrogens with one attached hydrogen (secondary N) is 3. The van der Waals surface area contributed by atoms with Crippen molar-refractivity contribution in [2.45, 2.75) is 64.6 Å². The third kappa shape index (κ3) is 5.92. The predicted molar refractivity (Wildman–Crippen MR) is 95.1 cm³/mol. The minimum atomic E-state index is -0.795. The summed E-state index contributed by atoms with van der Waals surface area (Å²) in [7, 11) is 0. The van der Waals surface area contributed by atoms with Crippen molar-refractivity contribution in [2.75, 3.05) is 10.6 Å². The molecule has 0 aliphatic heterocycles. The van der Waals surface area contributed by atoms with Gasteiger partial charge >= 0.3 is 6.09 Å². The Labute approximate surface area is 147 Å². The molecule has 1 saturated carbocycles. The molecule has 0 aromatic heterocycles. The SMILES string of the molecule is C[C@H](NC(=O)OC(C)(C)C)C(=O)Nc1ccc(F)cc1NC1CCC1. The quantitative estimate of drug-likeness (QED) is 0.757. The second-order valence-corrected chi connectivity index (χ2v) is 7.32. The van der Waals surface area contributed by atoms with Gasteiger partial charge in [-0.2, -0.15) is 0 Å². The van der Waals surface area contributed by atoms with Crippen molar-refractivity contribution in [3.8, 4) is 0 Å². The van der Waals surface area contributed by atoms with Crippen LogP contribution in [-0.2, 0) is 9.53 Å². The van der Waals surface area contributed by atoms with Crippen molar-refractivity contribution in [1.29, 1.82) is 0 Å². The summed E-state index contributed by atoms with van der Waals surface area (Å²) in [5, 5.41) is 8.44. The van der Waals surface area contributed by atoms with Crippen LogP contribution in [0.4, 0.5) is 20.6 Å². The minimum absolute atomic E-state index is 0.301. The Morgan fingerprint density at radius 2 is 1.92 bits per heavy atom. The highest BCUT2D eigenvalue weighted by Crippen LogP contribution is 2.29. The van der Waals surface area contributed by atoms with E-state index in [1.54, 1.807) is 27.7 Å². The number of hydrogen-bond donors (Lipinski definition) is 3. The maximum atomic E-state index is 13.5. The number of alkyl carbamates (subject to hydrolysis) is 1. The number of anilines is 2. The lowest BCUT2D eigenvalue weighted by Gasteiger charge is -2.28. The molecule has 0 spiro atoms. The summed E-state index contributed by atoms with van der Waals surface area (Å²) in [6, 6.07) is 3.66. The molecule has 138 valence electrons. The summed E-state index contributed by atoms with van der Waals surface area (Å²) in [4.78, 5) is 24.1. The number of benzene rings is 1. The van der Waals surface area contributed by atoms with E-state index in [1.807, 2.05) is 0 Å². The Kier molecular flexibility index (Phi) is 5.87. The summed E-state index contributed by atoms with van der Waals surface area (Å²) < 4.78 is 18.6. The number of rotatable bonds is 5. The molecule has 0 heterocycles. The van der Waals surface area contributed by atoms with E-state index in [9.17, 15) is 14.0 Å². The summed E-state index contributed by atoms with van der Waals surface area (Å²) in [5.41, 5.74) is 0.385. The number of amides is 2. The average Bonchev–Trinajstić information content (AvgIpc) is 2.43. The van der Waals surface area contributed by atoms with Gasteiger partial charge in [0.1, 0.15) is 17.5 Å². The van der Waals surface area contributed by atoms with Gasteiger partial charge in [-0.1, -0.05) is 0 Å². The number of ether oxygens (including phenoxy) is 1. The lowest BCUT2D eigenvalue weighted by Crippen LogP contribution is -2.44. The Balaban J connectivity index is 1.98. The van der Waals surface area contributed by atoms with Gasteiger partial charge < -0.3 is 20.7 Å². The zero-order valence-electron chi connectivity index (χ0n) is 15.1. The van der Waals surface area contributed by atoms with Gasteiger partial charge in [0.2, 0.25) is 5.91 Å². The first-order valence-electron chi connectivity index (χ1n) is 8.50. The third-order valence-corrected chi connectivity index (χ3v) is 3.83. The normalized spacial score (nSPS) is 15.7. The van der Waals surface area contributed by atoms with E-state index >= 15 is 0 Å². The fourth-order valence-corrected chi connectivity index (χ4v) is 2.31. The van der Waals surface area contributed by atoms with Crippen LogP contribution in [0.3, 0.4) is 0 Å². The van der Waals surface area contributed by atoms with Crippen LogP contribution in [0.1, 0.15) is 47.0 Å². The highest BCUT2D eigenvalue weighted by atomic mass is 19.1. The van der Waals surface area contributed by atoms with Gasteiger partial charge in [0.25, 0.3) is 0 Å². The van der Waals surface area contributed by atoms with E-state index in [4.69, 9.17) is 4.74 Å². The zero-order valence-corrected chi connectivity index (χ0v) is 15.1. The van der Waals surface area contributed by atoms with E-state index in [0.29, 0.717) is 17.4 Å². The largest absolute Gasteiger partial charge is 0.444 e. The molecule has 0 bridgehead atoms. The summed E-state index contributed by atoms with van der Waals surface area (Å²) in [5.74, 6) is -0.783. The number of carbonyl (C=O) groups is 2. The van der Waals surface area contributed by atoms with E-state index in [-0.39, 0.29) is 5.82 Å². The van der Waals surface area contributed by atoms with E-state index in [1.165, 1.54) is 18.2 Å². The first-order chi connectivity index (χ1) is 11.6. The van der Waals surface area contributed by atoms with Crippen LogP contribution in [0.2, 0.25) is 0 Å². The maximum absolute atomic E-state index is 13.5. The van der Waals surface area contributed by atoms with Gasteiger partial charge in [0, 0.05) is 6.04 Å². The highest BCUT2D eigenvalue weighted by molar-refractivity contribution is 5.98. The Bertz CT molecular complexity index is 639. The smallest absolute Gasteiger partial charge is 0.408 e. The van der Waals surface area contributed by atoms with Crippen molar-refractivity contribution < 1.29 is 18.7 Å². The molecule has 0 radical (unpaired) electrons. The molecule has 7 heteroatoms. The predicted octanol–water partition coefficient (Wildman–Crippen LogP) is 3.64. The molecule has 1 fully saturated rings. The van der Waals surface area contributed by atoms with Crippen molar-refractivity contribution in [3.05, 3.63) is 24.0 Å². The van der Waals surface area contributed by atoms with Gasteiger partial charge in [-0.05, 0) is 65.2 Å². The Morgan fingerprint density at radius 3 is 2.48 bits per heavy atom.